The maximum Gasteiger partial charge on any atom is 0.418 e. The van der Waals surface area contributed by atoms with Crippen molar-refractivity contribution in [2.45, 2.75) is 58.0 Å². The quantitative estimate of drug-likeness (QED) is 0.532. The lowest BCUT2D eigenvalue weighted by molar-refractivity contribution is -0.116. The number of rotatable bonds is 1. The Morgan fingerprint density at radius 2 is 1.90 bits per heavy atom. The van der Waals surface area contributed by atoms with Crippen molar-refractivity contribution >= 4 is 37.6 Å². The smallest absolute Gasteiger partial charge is 0.418 e. The normalized spacial score (nSPS) is 23.1. The number of sulfone groups is 1. The highest BCUT2D eigenvalue weighted by Crippen LogP contribution is 2.51. The Kier molecular flexibility index (Phi) is 5.41. The zero-order chi connectivity index (χ0) is 22.7. The minimum Gasteiger partial charge on any atom is -0.443 e. The summed E-state index contributed by atoms with van der Waals surface area (Å²) in [7, 11) is -3.72. The molecular formula is C22H23BrFNO5S. The fraction of sp³-hybridized carbons (Fsp3) is 0.455. The molecule has 0 aromatic heterocycles. The molecule has 1 amide bonds. The summed E-state index contributed by atoms with van der Waals surface area (Å²) in [5.74, 6) is -1.69. The molecule has 1 aliphatic carbocycles. The molecule has 0 radical (unpaired) electrons. The van der Waals surface area contributed by atoms with Gasteiger partial charge in [0.25, 0.3) is 0 Å². The number of nitrogens with zero attached hydrogens (tertiary/aromatic N) is 1. The fourth-order valence-electron chi connectivity index (χ4n) is 4.45. The van der Waals surface area contributed by atoms with E-state index in [4.69, 9.17) is 4.74 Å². The lowest BCUT2D eigenvalue weighted by Crippen LogP contribution is -2.41. The fourth-order valence-corrected chi connectivity index (χ4v) is 6.69. The molecule has 0 saturated carbocycles. The first-order chi connectivity index (χ1) is 14.4. The first-order valence-electron chi connectivity index (χ1n) is 10.1. The summed E-state index contributed by atoms with van der Waals surface area (Å²) in [6.07, 6.45) is 0.754. The van der Waals surface area contributed by atoms with Gasteiger partial charge in [0.15, 0.2) is 15.6 Å². The monoisotopic (exact) mass is 511 g/mol. The molecule has 31 heavy (non-hydrogen) atoms. The number of ether oxygens (including phenoxy) is 1. The molecule has 3 aliphatic rings. The van der Waals surface area contributed by atoms with Crippen molar-refractivity contribution < 1.29 is 27.1 Å². The van der Waals surface area contributed by atoms with E-state index in [0.29, 0.717) is 35.4 Å². The van der Waals surface area contributed by atoms with Crippen LogP contribution in [0.2, 0.25) is 0 Å². The first-order valence-corrected chi connectivity index (χ1v) is 12.6. The van der Waals surface area contributed by atoms with Crippen LogP contribution in [0, 0.1) is 5.82 Å². The Balaban J connectivity index is 1.97. The van der Waals surface area contributed by atoms with Crippen LogP contribution in [0.5, 0.6) is 0 Å². The number of carbonyl (C=O) groups is 2. The maximum atomic E-state index is 13.9. The van der Waals surface area contributed by atoms with Gasteiger partial charge in [-0.2, -0.15) is 0 Å². The van der Waals surface area contributed by atoms with Crippen LogP contribution in [-0.2, 0) is 19.4 Å². The van der Waals surface area contributed by atoms with E-state index >= 15 is 0 Å². The first kappa shape index (κ1) is 22.2. The molecule has 0 unspecified atom stereocenters. The number of allylic oxidation sites excluding steroid dienone is 4. The molecule has 9 heteroatoms. The van der Waals surface area contributed by atoms with E-state index in [-0.39, 0.29) is 33.8 Å². The van der Waals surface area contributed by atoms with Crippen molar-refractivity contribution in [2.24, 2.45) is 0 Å². The van der Waals surface area contributed by atoms with Crippen molar-refractivity contribution in [1.29, 1.82) is 0 Å². The second-order valence-corrected chi connectivity index (χ2v) is 11.9. The third-order valence-electron chi connectivity index (χ3n) is 5.60. The van der Waals surface area contributed by atoms with Gasteiger partial charge < -0.3 is 4.74 Å². The van der Waals surface area contributed by atoms with Gasteiger partial charge in [-0.1, -0.05) is 6.07 Å². The standard InChI is InChI=1S/C22H23BrFNO5S/c1-22(2,3)30-21(27)25-15-5-4-6-17(26)19(15)18(12-7-8-14(24)13(23)11-12)20-16(25)9-10-31(20,28)29/h7-8,11,18H,4-6,9-10H2,1-3H3/t18-/m0/s1. The van der Waals surface area contributed by atoms with Crippen LogP contribution in [0.3, 0.4) is 0 Å². The summed E-state index contributed by atoms with van der Waals surface area (Å²) in [5.41, 5.74) is 0.852. The highest BCUT2D eigenvalue weighted by atomic mass is 79.9. The minimum absolute atomic E-state index is 0.0471. The number of hydrogen-bond donors (Lipinski definition) is 0. The summed E-state index contributed by atoms with van der Waals surface area (Å²) in [4.78, 5) is 27.6. The number of Topliss-reactive ketones (excluding diaryl/α,β-unsaturated/α-hetero) is 1. The van der Waals surface area contributed by atoms with Crippen LogP contribution in [-0.4, -0.2) is 36.5 Å². The molecule has 0 spiro atoms. The van der Waals surface area contributed by atoms with E-state index in [0.717, 1.165) is 0 Å². The Morgan fingerprint density at radius 1 is 1.19 bits per heavy atom. The second-order valence-electron chi connectivity index (χ2n) is 8.94. The van der Waals surface area contributed by atoms with Crippen LogP contribution in [0.25, 0.3) is 0 Å². The Bertz CT molecular complexity index is 1160. The molecule has 6 nitrogen and oxygen atoms in total. The Labute approximate surface area is 189 Å². The molecule has 0 fully saturated rings. The number of amides is 1. The molecule has 1 aromatic rings. The van der Waals surface area contributed by atoms with Crippen molar-refractivity contribution in [3.05, 3.63) is 55.9 Å². The van der Waals surface area contributed by atoms with Gasteiger partial charge in [0.1, 0.15) is 11.4 Å². The van der Waals surface area contributed by atoms with Gasteiger partial charge in [-0.15, -0.1) is 0 Å². The molecule has 4 rings (SSSR count). The summed E-state index contributed by atoms with van der Waals surface area (Å²) in [6.45, 7) is 5.20. The van der Waals surface area contributed by atoms with Crippen LogP contribution in [0.1, 0.15) is 57.9 Å². The third-order valence-corrected chi connectivity index (χ3v) is 8.09. The average molecular weight is 512 g/mol. The summed E-state index contributed by atoms with van der Waals surface area (Å²) in [5, 5.41) is 0. The number of ketones is 1. The minimum atomic E-state index is -3.72. The molecule has 166 valence electrons. The number of carbonyl (C=O) groups excluding carboxylic acids is 2. The maximum absolute atomic E-state index is 13.9. The second kappa shape index (κ2) is 7.55. The van der Waals surface area contributed by atoms with Gasteiger partial charge in [0.2, 0.25) is 0 Å². The lowest BCUT2D eigenvalue weighted by atomic mass is 9.78. The number of hydrogen-bond acceptors (Lipinski definition) is 5. The van der Waals surface area contributed by atoms with Crippen LogP contribution in [0.15, 0.2) is 44.5 Å². The van der Waals surface area contributed by atoms with E-state index in [9.17, 15) is 22.4 Å². The van der Waals surface area contributed by atoms with Crippen LogP contribution >= 0.6 is 15.9 Å². The zero-order valence-electron chi connectivity index (χ0n) is 17.5. The topological polar surface area (TPSA) is 80.8 Å². The largest absolute Gasteiger partial charge is 0.443 e. The summed E-state index contributed by atoms with van der Waals surface area (Å²) >= 11 is 3.16. The van der Waals surface area contributed by atoms with Gasteiger partial charge in [0, 0.05) is 29.8 Å². The molecule has 2 heterocycles. The molecule has 0 N–H and O–H groups in total. The lowest BCUT2D eigenvalue weighted by Gasteiger charge is -2.39. The van der Waals surface area contributed by atoms with Gasteiger partial charge >= 0.3 is 6.09 Å². The molecule has 1 aromatic carbocycles. The van der Waals surface area contributed by atoms with Crippen molar-refractivity contribution in [2.75, 3.05) is 5.75 Å². The van der Waals surface area contributed by atoms with Crippen molar-refractivity contribution in [1.82, 2.24) is 4.90 Å². The van der Waals surface area contributed by atoms with E-state index in [1.807, 2.05) is 0 Å². The van der Waals surface area contributed by atoms with Crippen LogP contribution < -0.4 is 0 Å². The zero-order valence-corrected chi connectivity index (χ0v) is 19.9. The molecule has 1 atom stereocenters. The molecule has 2 aliphatic heterocycles. The number of halogens is 2. The van der Waals surface area contributed by atoms with Gasteiger partial charge in [-0.25, -0.2) is 17.6 Å². The van der Waals surface area contributed by atoms with E-state index in [1.165, 1.54) is 23.1 Å². The third kappa shape index (κ3) is 3.86. The Hall–Kier alpha value is -2.00. The van der Waals surface area contributed by atoms with Gasteiger partial charge in [-0.05, 0) is 67.2 Å². The SMILES string of the molecule is CC(C)(C)OC(=O)N1C2=C(C(=O)CCC2)[C@H](c2ccc(F)c(Br)c2)C2=C1CCS2(=O)=O. The van der Waals surface area contributed by atoms with Crippen molar-refractivity contribution in [3.8, 4) is 0 Å². The molecule has 0 saturated heterocycles. The van der Waals surface area contributed by atoms with E-state index in [1.54, 1.807) is 20.8 Å². The molecule has 0 bridgehead atoms. The Morgan fingerprint density at radius 3 is 2.55 bits per heavy atom. The molecular weight excluding hydrogens is 489 g/mol. The van der Waals surface area contributed by atoms with E-state index in [2.05, 4.69) is 15.9 Å². The predicted molar refractivity (Wildman–Crippen MR) is 116 cm³/mol. The average Bonchev–Trinajstić information content (AvgIpc) is 2.96. The van der Waals surface area contributed by atoms with Gasteiger partial charge in [0.05, 0.1) is 21.0 Å². The summed E-state index contributed by atoms with van der Waals surface area (Å²) in [6, 6.07) is 4.25. The van der Waals surface area contributed by atoms with Crippen LogP contribution in [0.4, 0.5) is 9.18 Å². The van der Waals surface area contributed by atoms with E-state index < -0.39 is 33.3 Å². The van der Waals surface area contributed by atoms with Crippen molar-refractivity contribution in [3.63, 3.8) is 0 Å². The number of benzene rings is 1. The highest BCUT2D eigenvalue weighted by Gasteiger charge is 2.49. The summed E-state index contributed by atoms with van der Waals surface area (Å²) < 4.78 is 45.9. The predicted octanol–water partition coefficient (Wildman–Crippen LogP) is 4.96. The van der Waals surface area contributed by atoms with Gasteiger partial charge in [-0.3, -0.25) is 9.69 Å². The highest BCUT2D eigenvalue weighted by molar-refractivity contribution is 9.10.